The first-order valence-corrected chi connectivity index (χ1v) is 7.21. The molecule has 0 radical (unpaired) electrons. The van der Waals surface area contributed by atoms with E-state index in [1.165, 1.54) is 18.2 Å². The molecule has 0 heterocycles. The number of hydrogen-bond donors (Lipinski definition) is 2. The minimum atomic E-state index is -0.656. The van der Waals surface area contributed by atoms with Crippen molar-refractivity contribution in [2.24, 2.45) is 0 Å². The van der Waals surface area contributed by atoms with Crippen LogP contribution in [0.15, 0.2) is 42.5 Å². The van der Waals surface area contributed by atoms with Crippen molar-refractivity contribution in [1.29, 1.82) is 0 Å². The monoisotopic (exact) mass is 304 g/mol. The third-order valence-corrected chi connectivity index (χ3v) is 3.16. The Morgan fingerprint density at radius 2 is 1.59 bits per heavy atom. The largest absolute Gasteiger partial charge is 0.351 e. The van der Waals surface area contributed by atoms with Crippen molar-refractivity contribution >= 4 is 23.0 Å². The van der Waals surface area contributed by atoms with Crippen molar-refractivity contribution in [1.82, 2.24) is 0 Å². The van der Waals surface area contributed by atoms with E-state index >= 15 is 0 Å². The van der Waals surface area contributed by atoms with Gasteiger partial charge in [0.05, 0.1) is 0 Å². The Bertz CT molecular complexity index is 621. The van der Waals surface area contributed by atoms with Gasteiger partial charge in [-0.1, -0.05) is 19.4 Å². The van der Waals surface area contributed by atoms with E-state index in [0.717, 1.165) is 12.8 Å². The van der Waals surface area contributed by atoms with Gasteiger partial charge in [-0.2, -0.15) is 0 Å². The molecule has 0 bridgehead atoms. The van der Waals surface area contributed by atoms with Gasteiger partial charge in [0.15, 0.2) is 0 Å². The standard InChI is InChI=1S/C17H18F2N2O/c1-2-3-7-16(22)20-12-8-10-13(11-9-12)21-17-14(18)5-4-6-15(17)19/h4-6,8-11,21H,2-3,7H2,1H3,(H,20,22). The zero-order valence-corrected chi connectivity index (χ0v) is 12.3. The van der Waals surface area contributed by atoms with E-state index in [1.54, 1.807) is 24.3 Å². The predicted octanol–water partition coefficient (Wildman–Crippen LogP) is 4.84. The van der Waals surface area contributed by atoms with E-state index in [9.17, 15) is 13.6 Å². The number of para-hydroxylation sites is 1. The average Bonchev–Trinajstić information content (AvgIpc) is 2.51. The van der Waals surface area contributed by atoms with E-state index in [0.29, 0.717) is 17.8 Å². The lowest BCUT2D eigenvalue weighted by Crippen LogP contribution is -2.10. The highest BCUT2D eigenvalue weighted by atomic mass is 19.1. The van der Waals surface area contributed by atoms with Crippen molar-refractivity contribution in [2.45, 2.75) is 26.2 Å². The van der Waals surface area contributed by atoms with Crippen molar-refractivity contribution in [3.05, 3.63) is 54.1 Å². The fourth-order valence-electron chi connectivity index (χ4n) is 1.96. The summed E-state index contributed by atoms with van der Waals surface area (Å²) < 4.78 is 27.1. The molecule has 1 amide bonds. The van der Waals surface area contributed by atoms with Crippen molar-refractivity contribution < 1.29 is 13.6 Å². The van der Waals surface area contributed by atoms with Gasteiger partial charge in [0.25, 0.3) is 0 Å². The summed E-state index contributed by atoms with van der Waals surface area (Å²) in [5.74, 6) is -1.35. The first-order valence-electron chi connectivity index (χ1n) is 7.21. The number of rotatable bonds is 6. The maximum absolute atomic E-state index is 13.5. The van der Waals surface area contributed by atoms with Crippen molar-refractivity contribution in [3.8, 4) is 0 Å². The molecule has 2 rings (SSSR count). The van der Waals surface area contributed by atoms with E-state index in [2.05, 4.69) is 10.6 Å². The second kappa shape index (κ2) is 7.54. The summed E-state index contributed by atoms with van der Waals surface area (Å²) in [6.45, 7) is 2.02. The zero-order chi connectivity index (χ0) is 15.9. The molecule has 3 nitrogen and oxygen atoms in total. The molecule has 0 spiro atoms. The molecule has 0 aliphatic heterocycles. The van der Waals surface area contributed by atoms with Gasteiger partial charge in [-0.25, -0.2) is 8.78 Å². The summed E-state index contributed by atoms with van der Waals surface area (Å²) in [5, 5.41) is 5.47. The highest BCUT2D eigenvalue weighted by Gasteiger charge is 2.08. The molecule has 2 aromatic carbocycles. The van der Waals surface area contributed by atoms with Crippen LogP contribution in [0.3, 0.4) is 0 Å². The molecular formula is C17H18F2N2O. The van der Waals surface area contributed by atoms with Crippen LogP contribution in [0.5, 0.6) is 0 Å². The third kappa shape index (κ3) is 4.28. The maximum atomic E-state index is 13.5. The SMILES string of the molecule is CCCCC(=O)Nc1ccc(Nc2c(F)cccc2F)cc1. The van der Waals surface area contributed by atoms with Gasteiger partial charge >= 0.3 is 0 Å². The molecule has 22 heavy (non-hydrogen) atoms. The van der Waals surface area contributed by atoms with Crippen LogP contribution < -0.4 is 10.6 Å². The fourth-order valence-corrected chi connectivity index (χ4v) is 1.96. The predicted molar refractivity (Wildman–Crippen MR) is 84.2 cm³/mol. The molecule has 0 fully saturated rings. The number of amides is 1. The number of halogens is 2. The Morgan fingerprint density at radius 3 is 2.18 bits per heavy atom. The zero-order valence-electron chi connectivity index (χ0n) is 12.3. The molecule has 0 saturated heterocycles. The molecule has 5 heteroatoms. The normalized spacial score (nSPS) is 10.3. The van der Waals surface area contributed by atoms with Crippen LogP contribution in [0.25, 0.3) is 0 Å². The molecule has 0 aliphatic carbocycles. The minimum absolute atomic E-state index is 0.0392. The Balaban J connectivity index is 2.02. The molecule has 2 aromatic rings. The molecule has 0 atom stereocenters. The Labute approximate surface area is 128 Å². The topological polar surface area (TPSA) is 41.1 Å². The Kier molecular flexibility index (Phi) is 5.47. The molecule has 0 saturated carbocycles. The minimum Gasteiger partial charge on any atom is -0.351 e. The van der Waals surface area contributed by atoms with Gasteiger partial charge in [-0.3, -0.25) is 4.79 Å². The molecule has 0 aliphatic rings. The lowest BCUT2D eigenvalue weighted by molar-refractivity contribution is -0.116. The lowest BCUT2D eigenvalue weighted by Gasteiger charge is -2.10. The van der Waals surface area contributed by atoms with Crippen molar-refractivity contribution in [2.75, 3.05) is 10.6 Å². The second-order valence-electron chi connectivity index (χ2n) is 4.95. The first kappa shape index (κ1) is 15.9. The van der Waals surface area contributed by atoms with Crippen LogP contribution in [-0.4, -0.2) is 5.91 Å². The molecule has 2 N–H and O–H groups in total. The van der Waals surface area contributed by atoms with Gasteiger partial charge in [0.2, 0.25) is 5.91 Å². The second-order valence-corrected chi connectivity index (χ2v) is 4.95. The molecule has 0 unspecified atom stereocenters. The number of carbonyl (C=O) groups is 1. The van der Waals surface area contributed by atoms with Gasteiger partial charge < -0.3 is 10.6 Å². The number of benzene rings is 2. The van der Waals surface area contributed by atoms with Gasteiger partial charge in [0.1, 0.15) is 17.3 Å². The number of carbonyl (C=O) groups excluding carboxylic acids is 1. The van der Waals surface area contributed by atoms with E-state index in [-0.39, 0.29) is 11.6 Å². The Hall–Kier alpha value is -2.43. The summed E-state index contributed by atoms with van der Waals surface area (Å²) in [6, 6.07) is 10.4. The van der Waals surface area contributed by atoms with Crippen LogP contribution in [0.2, 0.25) is 0 Å². The number of hydrogen-bond acceptors (Lipinski definition) is 2. The summed E-state index contributed by atoms with van der Waals surface area (Å²) in [7, 11) is 0. The number of anilines is 3. The fraction of sp³-hybridized carbons (Fsp3) is 0.235. The smallest absolute Gasteiger partial charge is 0.224 e. The Morgan fingerprint density at radius 1 is 1.00 bits per heavy atom. The lowest BCUT2D eigenvalue weighted by atomic mass is 10.2. The summed E-state index contributed by atoms with van der Waals surface area (Å²) in [4.78, 5) is 11.6. The number of unbranched alkanes of at least 4 members (excludes halogenated alkanes) is 1. The summed E-state index contributed by atoms with van der Waals surface area (Å²) >= 11 is 0. The highest BCUT2D eigenvalue weighted by molar-refractivity contribution is 5.90. The average molecular weight is 304 g/mol. The van der Waals surface area contributed by atoms with Gasteiger partial charge in [-0.15, -0.1) is 0 Å². The first-order chi connectivity index (χ1) is 10.6. The summed E-state index contributed by atoms with van der Waals surface area (Å²) in [5.41, 5.74) is 0.999. The van der Waals surface area contributed by atoms with Crippen LogP contribution in [0, 0.1) is 11.6 Å². The van der Waals surface area contributed by atoms with E-state index in [1.807, 2.05) is 6.92 Å². The van der Waals surface area contributed by atoms with Crippen LogP contribution >= 0.6 is 0 Å². The number of nitrogens with one attached hydrogen (secondary N) is 2. The van der Waals surface area contributed by atoms with Crippen LogP contribution in [-0.2, 0) is 4.79 Å². The van der Waals surface area contributed by atoms with E-state index in [4.69, 9.17) is 0 Å². The van der Waals surface area contributed by atoms with Crippen LogP contribution in [0.1, 0.15) is 26.2 Å². The molecule has 0 aromatic heterocycles. The van der Waals surface area contributed by atoms with Crippen LogP contribution in [0.4, 0.5) is 25.8 Å². The third-order valence-electron chi connectivity index (χ3n) is 3.16. The summed E-state index contributed by atoms with van der Waals surface area (Å²) in [6.07, 6.45) is 2.29. The highest BCUT2D eigenvalue weighted by Crippen LogP contribution is 2.24. The quantitative estimate of drug-likeness (QED) is 0.802. The van der Waals surface area contributed by atoms with Crippen molar-refractivity contribution in [3.63, 3.8) is 0 Å². The van der Waals surface area contributed by atoms with Gasteiger partial charge in [-0.05, 0) is 42.8 Å². The van der Waals surface area contributed by atoms with Gasteiger partial charge in [0, 0.05) is 17.8 Å². The molecule has 116 valence electrons. The van der Waals surface area contributed by atoms with E-state index < -0.39 is 11.6 Å². The maximum Gasteiger partial charge on any atom is 0.224 e. The molecular weight excluding hydrogens is 286 g/mol.